The molecule has 0 radical (unpaired) electrons. The zero-order chi connectivity index (χ0) is 16.8. The van der Waals surface area contributed by atoms with Gasteiger partial charge in [-0.2, -0.15) is 0 Å². The zero-order valence-electron chi connectivity index (χ0n) is 13.8. The number of aromatic nitrogens is 2. The third-order valence-electron chi connectivity index (χ3n) is 4.02. The minimum Gasteiger partial charge on any atom is -0.381 e. The number of hydrogen-bond acceptors (Lipinski definition) is 3. The van der Waals surface area contributed by atoms with Crippen LogP contribution in [0.5, 0.6) is 0 Å². The summed E-state index contributed by atoms with van der Waals surface area (Å²) >= 11 is 0. The molecule has 0 saturated carbocycles. The van der Waals surface area contributed by atoms with Gasteiger partial charge in [-0.15, -0.1) is 0 Å². The molecule has 0 aliphatic rings. The molecule has 0 fully saturated rings. The highest BCUT2D eigenvalue weighted by Gasteiger charge is 2.04. The first-order valence-electron chi connectivity index (χ1n) is 8.10. The number of hydrogen-bond donors (Lipinski definition) is 1. The van der Waals surface area contributed by atoms with Gasteiger partial charge in [0.2, 0.25) is 0 Å². The van der Waals surface area contributed by atoms with E-state index < -0.39 is 0 Å². The third kappa shape index (κ3) is 4.10. The molecule has 0 atom stereocenters. The van der Waals surface area contributed by atoms with Crippen molar-refractivity contribution < 1.29 is 0 Å². The Morgan fingerprint density at radius 2 is 1.83 bits per heavy atom. The van der Waals surface area contributed by atoms with Crippen LogP contribution in [0.1, 0.15) is 16.8 Å². The highest BCUT2D eigenvalue weighted by atomic mass is 16.1. The van der Waals surface area contributed by atoms with Crippen molar-refractivity contribution in [3.63, 3.8) is 0 Å². The number of pyridine rings is 2. The summed E-state index contributed by atoms with van der Waals surface area (Å²) in [6.45, 7) is 3.32. The number of benzene rings is 1. The van der Waals surface area contributed by atoms with Crippen LogP contribution in [-0.2, 0) is 19.5 Å². The lowest BCUT2D eigenvalue weighted by Crippen LogP contribution is -2.23. The van der Waals surface area contributed by atoms with Gasteiger partial charge in [0.05, 0.1) is 0 Å². The molecule has 0 spiro atoms. The van der Waals surface area contributed by atoms with Crippen molar-refractivity contribution in [3.8, 4) is 0 Å². The zero-order valence-corrected chi connectivity index (χ0v) is 13.8. The first-order valence-corrected chi connectivity index (χ1v) is 8.10. The Hall–Kier alpha value is -2.88. The maximum Gasteiger partial charge on any atom is 0.252 e. The quantitative estimate of drug-likeness (QED) is 0.757. The molecule has 2 heterocycles. The number of aryl methyl sites for hydroxylation is 2. The van der Waals surface area contributed by atoms with Crippen molar-refractivity contribution in [2.45, 2.75) is 26.4 Å². The van der Waals surface area contributed by atoms with E-state index in [0.717, 1.165) is 23.4 Å². The van der Waals surface area contributed by atoms with E-state index in [2.05, 4.69) is 22.4 Å². The summed E-state index contributed by atoms with van der Waals surface area (Å²) in [7, 11) is 0. The second-order valence-electron chi connectivity index (χ2n) is 5.83. The molecule has 0 saturated heterocycles. The van der Waals surface area contributed by atoms with Gasteiger partial charge < -0.3 is 9.88 Å². The van der Waals surface area contributed by atoms with E-state index in [-0.39, 0.29) is 5.56 Å². The van der Waals surface area contributed by atoms with Crippen LogP contribution in [0.3, 0.4) is 0 Å². The number of rotatable bonds is 6. The molecule has 0 aliphatic carbocycles. The van der Waals surface area contributed by atoms with Crippen LogP contribution in [0.15, 0.2) is 71.8 Å². The van der Waals surface area contributed by atoms with Gasteiger partial charge in [-0.25, -0.2) is 0 Å². The molecular weight excluding hydrogens is 298 g/mol. The van der Waals surface area contributed by atoms with E-state index in [0.29, 0.717) is 13.1 Å². The van der Waals surface area contributed by atoms with Gasteiger partial charge >= 0.3 is 0 Å². The Balaban J connectivity index is 1.68. The molecule has 1 N–H and O–H groups in total. The summed E-state index contributed by atoms with van der Waals surface area (Å²) < 4.78 is 1.82. The second-order valence-corrected chi connectivity index (χ2v) is 5.83. The average Bonchev–Trinajstić information content (AvgIpc) is 2.61. The standard InChI is InChI=1S/C20H21N3O/c1-16-12-19(22-15-18-8-5-10-21-14-18)13-20(24)23(16)11-9-17-6-3-2-4-7-17/h2-8,10,12-14,22H,9,11,15H2,1H3. The summed E-state index contributed by atoms with van der Waals surface area (Å²) in [6.07, 6.45) is 4.42. The molecule has 0 aliphatic heterocycles. The van der Waals surface area contributed by atoms with Crippen LogP contribution in [0, 0.1) is 6.92 Å². The molecule has 0 unspecified atom stereocenters. The Labute approximate surface area is 141 Å². The SMILES string of the molecule is Cc1cc(NCc2cccnc2)cc(=O)n1CCc1ccccc1. The Bertz CT molecular complexity index is 842. The average molecular weight is 319 g/mol. The van der Waals surface area contributed by atoms with E-state index in [1.165, 1.54) is 5.56 Å². The van der Waals surface area contributed by atoms with Crippen LogP contribution >= 0.6 is 0 Å². The fraction of sp³-hybridized carbons (Fsp3) is 0.200. The van der Waals surface area contributed by atoms with Gasteiger partial charge in [0.1, 0.15) is 0 Å². The van der Waals surface area contributed by atoms with Crippen LogP contribution in [0.4, 0.5) is 5.69 Å². The van der Waals surface area contributed by atoms with E-state index in [4.69, 9.17) is 0 Å². The molecule has 3 aromatic rings. The van der Waals surface area contributed by atoms with Crippen LogP contribution in [-0.4, -0.2) is 9.55 Å². The number of nitrogens with zero attached hydrogens (tertiary/aromatic N) is 2. The molecule has 1 aromatic carbocycles. The highest BCUT2D eigenvalue weighted by molar-refractivity contribution is 5.44. The van der Waals surface area contributed by atoms with Crippen LogP contribution < -0.4 is 10.9 Å². The molecule has 2 aromatic heterocycles. The van der Waals surface area contributed by atoms with Crippen molar-refractivity contribution in [3.05, 3.63) is 94.2 Å². The molecular formula is C20H21N3O. The summed E-state index contributed by atoms with van der Waals surface area (Å²) in [5, 5.41) is 3.29. The first kappa shape index (κ1) is 16.0. The normalized spacial score (nSPS) is 10.5. The van der Waals surface area contributed by atoms with Gasteiger partial charge in [0.25, 0.3) is 5.56 Å². The van der Waals surface area contributed by atoms with Crippen molar-refractivity contribution in [1.29, 1.82) is 0 Å². The Kier molecular flexibility index (Phi) is 5.06. The summed E-state index contributed by atoms with van der Waals surface area (Å²) in [6, 6.07) is 17.8. The van der Waals surface area contributed by atoms with Gasteiger partial charge in [0.15, 0.2) is 0 Å². The minimum absolute atomic E-state index is 0.0274. The monoisotopic (exact) mass is 319 g/mol. The van der Waals surface area contributed by atoms with E-state index >= 15 is 0 Å². The maximum atomic E-state index is 12.4. The van der Waals surface area contributed by atoms with E-state index in [1.807, 2.05) is 54.1 Å². The lowest BCUT2D eigenvalue weighted by Gasteiger charge is -2.13. The smallest absolute Gasteiger partial charge is 0.252 e. The predicted molar refractivity (Wildman–Crippen MR) is 97.1 cm³/mol. The van der Waals surface area contributed by atoms with Crippen molar-refractivity contribution in [2.75, 3.05) is 5.32 Å². The minimum atomic E-state index is 0.0274. The fourth-order valence-corrected chi connectivity index (χ4v) is 2.71. The Morgan fingerprint density at radius 3 is 2.54 bits per heavy atom. The first-order chi connectivity index (χ1) is 11.7. The molecule has 24 heavy (non-hydrogen) atoms. The van der Waals surface area contributed by atoms with Gasteiger partial charge in [-0.3, -0.25) is 9.78 Å². The van der Waals surface area contributed by atoms with Crippen LogP contribution in [0.25, 0.3) is 0 Å². The van der Waals surface area contributed by atoms with Crippen LogP contribution in [0.2, 0.25) is 0 Å². The van der Waals surface area contributed by atoms with Crippen molar-refractivity contribution in [2.24, 2.45) is 0 Å². The maximum absolute atomic E-state index is 12.4. The second kappa shape index (κ2) is 7.59. The summed E-state index contributed by atoms with van der Waals surface area (Å²) in [5.41, 5.74) is 4.16. The van der Waals surface area contributed by atoms with Gasteiger partial charge in [-0.1, -0.05) is 36.4 Å². The largest absolute Gasteiger partial charge is 0.381 e. The van der Waals surface area contributed by atoms with Crippen molar-refractivity contribution in [1.82, 2.24) is 9.55 Å². The molecule has 122 valence electrons. The molecule has 0 bridgehead atoms. The lowest BCUT2D eigenvalue weighted by atomic mass is 10.1. The van der Waals surface area contributed by atoms with E-state index in [9.17, 15) is 4.79 Å². The molecule has 4 nitrogen and oxygen atoms in total. The van der Waals surface area contributed by atoms with E-state index in [1.54, 1.807) is 12.3 Å². The third-order valence-corrected chi connectivity index (χ3v) is 4.02. The van der Waals surface area contributed by atoms with Gasteiger partial charge in [-0.05, 0) is 36.6 Å². The summed E-state index contributed by atoms with van der Waals surface area (Å²) in [5.74, 6) is 0. The molecule has 4 heteroatoms. The van der Waals surface area contributed by atoms with Gasteiger partial charge in [0, 0.05) is 42.9 Å². The highest BCUT2D eigenvalue weighted by Crippen LogP contribution is 2.10. The predicted octanol–water partition coefficient (Wildman–Crippen LogP) is 3.41. The number of nitrogens with one attached hydrogen (secondary N) is 1. The molecule has 3 rings (SSSR count). The summed E-state index contributed by atoms with van der Waals surface area (Å²) in [4.78, 5) is 16.5. The number of anilines is 1. The van der Waals surface area contributed by atoms with Crippen molar-refractivity contribution >= 4 is 5.69 Å². The lowest BCUT2D eigenvalue weighted by molar-refractivity contribution is 0.649. The Morgan fingerprint density at radius 1 is 1.04 bits per heavy atom. The fourth-order valence-electron chi connectivity index (χ4n) is 2.71. The topological polar surface area (TPSA) is 46.9 Å². The molecule has 0 amide bonds.